The number of nitrogens with one attached hydrogen (secondary N) is 2. The minimum Gasteiger partial charge on any atom is -0.361 e. The largest absolute Gasteiger partial charge is 0.361 e. The van der Waals surface area contributed by atoms with Crippen molar-refractivity contribution in [1.29, 1.82) is 5.26 Å². The van der Waals surface area contributed by atoms with Crippen LogP contribution >= 0.6 is 0 Å². The molecule has 9 heteroatoms. The Morgan fingerprint density at radius 1 is 1.24 bits per heavy atom. The van der Waals surface area contributed by atoms with Crippen LogP contribution in [0.4, 0.5) is 5.69 Å². The van der Waals surface area contributed by atoms with Crippen molar-refractivity contribution >= 4 is 25.2 Å². The predicted octanol–water partition coefficient (Wildman–Crippen LogP) is 7.33. The van der Waals surface area contributed by atoms with Gasteiger partial charge in [-0.25, -0.2) is 4.98 Å². The molecule has 1 saturated heterocycles. The Kier molecular flexibility index (Phi) is 4.85. The van der Waals surface area contributed by atoms with E-state index in [1.807, 2.05) is 19.9 Å². The van der Waals surface area contributed by atoms with Gasteiger partial charge < -0.3 is 19.9 Å². The molecule has 0 spiro atoms. The maximum Gasteiger partial charge on any atom is 0.291 e. The summed E-state index contributed by atoms with van der Waals surface area (Å²) >= 11 is 0. The van der Waals surface area contributed by atoms with Gasteiger partial charge in [0.1, 0.15) is 12.8 Å². The maximum absolute atomic E-state index is 13.9. The van der Waals surface area contributed by atoms with E-state index in [1.54, 1.807) is 11.4 Å². The van der Waals surface area contributed by atoms with Crippen molar-refractivity contribution in [3.63, 3.8) is 0 Å². The van der Waals surface area contributed by atoms with E-state index in [4.69, 9.17) is 21.2 Å². The molecule has 2 N–H and O–H groups in total. The van der Waals surface area contributed by atoms with Crippen LogP contribution in [-0.4, -0.2) is 46.2 Å². The second-order valence-corrected chi connectivity index (χ2v) is 18.5. The highest BCUT2D eigenvalue weighted by atomic mass is 28.3. The number of nitrogens with zero attached hydrogens (tertiary/aromatic N) is 4. The molecule has 1 aliphatic heterocycles. The molecule has 0 aromatic carbocycles. The summed E-state index contributed by atoms with van der Waals surface area (Å²) < 4.78 is 145. The maximum atomic E-state index is 13.9. The van der Waals surface area contributed by atoms with Crippen LogP contribution in [0.1, 0.15) is 129 Å². The Morgan fingerprint density at radius 2 is 1.95 bits per heavy atom. The number of carbonyl (C=O) groups excluding carboxylic acids is 1. The third-order valence-electron chi connectivity index (χ3n) is 7.15. The number of carbonyl (C=O) groups is 1. The lowest BCUT2D eigenvalue weighted by Gasteiger charge is -2.46. The standard InChI is InChI=1S/C33H50N6O2Si/c1-31(2)14-12-23(13-15-31)28-27(11-10-26(36-28)24-18-32(3,4)38-33(5,6)19-24)37-30(40)29-35-25(20-34)21-39(29)22-41-16-17-42(7,8)9/h10-12,21,24,38H,13-19,22H2,1-9H3,(H,37,40)/i3D3,4D3,5D3,6D3,18D2,19D2. The summed E-state index contributed by atoms with van der Waals surface area (Å²) in [6, 6.07) is 4.87. The molecule has 228 valence electrons. The number of anilines is 1. The van der Waals surface area contributed by atoms with E-state index in [9.17, 15) is 15.5 Å². The Bertz CT molecular complexity index is 1870. The zero-order valence-corrected chi connectivity index (χ0v) is 25.7. The SMILES string of the molecule is [2H]C([2H])([2H])C1(C([2H])([2H])[2H])NC(C([2H])([2H])[2H])(C([2H])([2H])[2H])C([2H])([2H])C(c2ccc(NC(=O)c3nc(C#N)cn3COCC[Si](C)(C)C)c(C3=CCC(C)(C)CC3)n2)C1([2H])[2H]. The van der Waals surface area contributed by atoms with Crippen LogP contribution in [0.25, 0.3) is 5.57 Å². The van der Waals surface area contributed by atoms with E-state index in [2.05, 4.69) is 34.9 Å². The van der Waals surface area contributed by atoms with Crippen molar-refractivity contribution in [1.82, 2.24) is 19.9 Å². The van der Waals surface area contributed by atoms with Crippen molar-refractivity contribution in [2.75, 3.05) is 11.9 Å². The molecule has 2 aliphatic rings. The fourth-order valence-electron chi connectivity index (χ4n) is 4.71. The lowest BCUT2D eigenvalue weighted by Crippen LogP contribution is -2.57. The van der Waals surface area contributed by atoms with Crippen molar-refractivity contribution in [3.05, 3.63) is 47.3 Å². The average Bonchev–Trinajstić information content (AvgIpc) is 3.44. The van der Waals surface area contributed by atoms with Crippen LogP contribution < -0.4 is 10.6 Å². The Labute approximate surface area is 275 Å². The van der Waals surface area contributed by atoms with Crippen LogP contribution in [0.3, 0.4) is 0 Å². The zero-order chi connectivity index (χ0) is 44.5. The number of imidazole rings is 1. The predicted molar refractivity (Wildman–Crippen MR) is 172 cm³/mol. The molecule has 0 saturated carbocycles. The fraction of sp³-hybridized carbons (Fsp3) is 0.636. The summed E-state index contributed by atoms with van der Waals surface area (Å²) in [6.07, 6.45) is -3.09. The van der Waals surface area contributed by atoms with Gasteiger partial charge in [0.2, 0.25) is 5.82 Å². The number of piperidine rings is 1. The van der Waals surface area contributed by atoms with E-state index >= 15 is 0 Å². The number of amides is 1. The summed E-state index contributed by atoms with van der Waals surface area (Å²) in [5.41, 5.74) is -8.56. The van der Waals surface area contributed by atoms with Crippen LogP contribution in [0, 0.1) is 16.7 Å². The number of hydrogen-bond donors (Lipinski definition) is 2. The molecule has 1 fully saturated rings. The highest BCUT2D eigenvalue weighted by Crippen LogP contribution is 2.42. The Hall–Kier alpha value is -2.80. The lowest BCUT2D eigenvalue weighted by molar-refractivity contribution is 0.0808. The molecule has 3 heterocycles. The van der Waals surface area contributed by atoms with Gasteiger partial charge >= 0.3 is 0 Å². The van der Waals surface area contributed by atoms with E-state index in [0.29, 0.717) is 31.4 Å². The van der Waals surface area contributed by atoms with Crippen molar-refractivity contribution in [3.8, 4) is 6.07 Å². The molecular formula is C33H50N6O2Si. The first-order chi connectivity index (χ1) is 26.0. The smallest absolute Gasteiger partial charge is 0.291 e. The molecule has 0 bridgehead atoms. The van der Waals surface area contributed by atoms with Crippen LogP contribution in [-0.2, 0) is 11.5 Å². The molecule has 2 aromatic rings. The molecule has 1 aliphatic carbocycles. The van der Waals surface area contributed by atoms with E-state index in [1.165, 1.54) is 16.8 Å². The summed E-state index contributed by atoms with van der Waals surface area (Å²) in [5, 5.41) is 13.9. The normalized spacial score (nSPS) is 29.3. The number of rotatable bonds is 9. The highest BCUT2D eigenvalue weighted by Gasteiger charge is 2.39. The van der Waals surface area contributed by atoms with Gasteiger partial charge in [0.05, 0.1) is 11.4 Å². The fourth-order valence-corrected chi connectivity index (χ4v) is 5.47. The molecule has 4 rings (SSSR count). The topological polar surface area (TPSA) is 105 Å². The van der Waals surface area contributed by atoms with Gasteiger partial charge in [0.25, 0.3) is 5.91 Å². The highest BCUT2D eigenvalue weighted by molar-refractivity contribution is 6.76. The lowest BCUT2D eigenvalue weighted by atomic mass is 9.74. The average molecular weight is 607 g/mol. The minimum atomic E-state index is -4.00. The molecule has 8 nitrogen and oxygen atoms in total. The van der Waals surface area contributed by atoms with E-state index in [-0.39, 0.29) is 35.0 Å². The van der Waals surface area contributed by atoms with Crippen molar-refractivity contribution in [2.45, 2.75) is 123 Å². The summed E-state index contributed by atoms with van der Waals surface area (Å²) in [6.45, 7) is -5.22. The van der Waals surface area contributed by atoms with E-state index < -0.39 is 76.8 Å². The molecule has 1 amide bonds. The zero-order valence-electron chi connectivity index (χ0n) is 40.7. The minimum absolute atomic E-state index is 0.0294. The molecular weight excluding hydrogens is 540 g/mol. The number of ether oxygens (including phenoxy) is 1. The van der Waals surface area contributed by atoms with Gasteiger partial charge in [-0.1, -0.05) is 39.6 Å². The first-order valence-corrected chi connectivity index (χ1v) is 17.6. The number of hydrogen-bond acceptors (Lipinski definition) is 6. The van der Waals surface area contributed by atoms with Crippen molar-refractivity contribution in [2.24, 2.45) is 5.41 Å². The number of pyridine rings is 1. The second kappa shape index (κ2) is 12.1. The number of nitriles is 1. The van der Waals surface area contributed by atoms with Gasteiger partial charge in [0.15, 0.2) is 5.69 Å². The molecule has 0 unspecified atom stereocenters. The van der Waals surface area contributed by atoms with Gasteiger partial charge in [-0.3, -0.25) is 9.78 Å². The quantitative estimate of drug-likeness (QED) is 0.229. The van der Waals surface area contributed by atoms with Gasteiger partial charge in [-0.15, -0.1) is 0 Å². The van der Waals surface area contributed by atoms with Gasteiger partial charge in [0, 0.05) is 65.5 Å². The van der Waals surface area contributed by atoms with Gasteiger partial charge in [-0.2, -0.15) is 5.26 Å². The summed E-state index contributed by atoms with van der Waals surface area (Å²) in [7, 11) is -1.46. The van der Waals surface area contributed by atoms with Gasteiger partial charge in [-0.05, 0) is 88.6 Å². The molecule has 42 heavy (non-hydrogen) atoms. The van der Waals surface area contributed by atoms with E-state index in [0.717, 1.165) is 12.1 Å². The molecule has 0 atom stereocenters. The third-order valence-corrected chi connectivity index (χ3v) is 8.86. The monoisotopic (exact) mass is 606 g/mol. The first kappa shape index (κ1) is 16.9. The summed E-state index contributed by atoms with van der Waals surface area (Å²) in [5.74, 6) is -3.81. The molecule has 2 aromatic heterocycles. The van der Waals surface area contributed by atoms with Crippen molar-refractivity contribution < 1.29 is 31.5 Å². The van der Waals surface area contributed by atoms with Crippen LogP contribution in [0.5, 0.6) is 0 Å². The number of aromatic nitrogens is 3. The third kappa shape index (κ3) is 8.39. The summed E-state index contributed by atoms with van der Waals surface area (Å²) in [4.78, 5) is 22.6. The van der Waals surface area contributed by atoms with Crippen LogP contribution in [0.2, 0.25) is 25.7 Å². The molecule has 0 radical (unpaired) electrons. The Balaban J connectivity index is 1.99. The van der Waals surface area contributed by atoms with Crippen LogP contribution in [0.15, 0.2) is 24.4 Å². The first-order valence-electron chi connectivity index (χ1n) is 21.9. The second-order valence-electron chi connectivity index (χ2n) is 12.9. The Morgan fingerprint density at radius 3 is 2.55 bits per heavy atom. The number of allylic oxidation sites excluding steroid dienone is 2.